The summed E-state index contributed by atoms with van der Waals surface area (Å²) in [6.45, 7) is 1.59. The van der Waals surface area contributed by atoms with E-state index in [0.717, 1.165) is 12.1 Å². The molecule has 1 aromatic rings. The number of sulfonamides is 1. The number of carboxylic acid groups (broad SMARTS) is 1. The number of nitrogens with zero attached hydrogens (tertiary/aromatic N) is 1. The van der Waals surface area contributed by atoms with E-state index in [1.807, 2.05) is 0 Å². The fraction of sp³-hybridized carbons (Fsp3) is 0.467. The number of amides is 2. The van der Waals surface area contributed by atoms with E-state index in [1.165, 1.54) is 4.90 Å². The van der Waals surface area contributed by atoms with Gasteiger partial charge in [-0.05, 0) is 25.5 Å². The summed E-state index contributed by atoms with van der Waals surface area (Å²) in [5, 5.41) is 11.6. The predicted molar refractivity (Wildman–Crippen MR) is 86.9 cm³/mol. The molecule has 0 bridgehead atoms. The molecule has 0 aromatic heterocycles. The van der Waals surface area contributed by atoms with Gasteiger partial charge < -0.3 is 15.3 Å². The molecule has 144 valence electrons. The van der Waals surface area contributed by atoms with Gasteiger partial charge in [0.2, 0.25) is 10.0 Å². The van der Waals surface area contributed by atoms with E-state index < -0.39 is 44.0 Å². The van der Waals surface area contributed by atoms with E-state index in [2.05, 4.69) is 10.0 Å². The Bertz CT molecular complexity index is 817. The fourth-order valence-electron chi connectivity index (χ4n) is 2.55. The molecular weight excluding hydrogens is 372 g/mol. The van der Waals surface area contributed by atoms with Gasteiger partial charge in [0.15, 0.2) is 0 Å². The zero-order valence-corrected chi connectivity index (χ0v) is 14.8. The van der Waals surface area contributed by atoms with Gasteiger partial charge in [-0.1, -0.05) is 0 Å². The summed E-state index contributed by atoms with van der Waals surface area (Å²) in [5.41, 5.74) is -1.00. The van der Waals surface area contributed by atoms with E-state index in [0.29, 0.717) is 12.5 Å². The van der Waals surface area contributed by atoms with Gasteiger partial charge in [-0.2, -0.15) is 0 Å². The number of rotatable bonds is 6. The molecule has 2 rings (SSSR count). The Hall–Kier alpha value is -2.27. The maximum Gasteiger partial charge on any atom is 0.317 e. The molecule has 0 aliphatic carbocycles. The second-order valence-electron chi connectivity index (χ2n) is 6.24. The quantitative estimate of drug-likeness (QED) is 0.619. The van der Waals surface area contributed by atoms with Crippen molar-refractivity contribution in [3.05, 3.63) is 29.8 Å². The smallest absolute Gasteiger partial charge is 0.317 e. The van der Waals surface area contributed by atoms with E-state index in [4.69, 9.17) is 5.11 Å². The monoisotopic (exact) mass is 391 g/mol. The van der Waals surface area contributed by atoms with E-state index in [9.17, 15) is 26.8 Å². The lowest BCUT2D eigenvalue weighted by Crippen LogP contribution is -2.43. The molecule has 3 N–H and O–H groups in total. The second-order valence-corrected chi connectivity index (χ2v) is 7.98. The van der Waals surface area contributed by atoms with E-state index in [-0.39, 0.29) is 26.2 Å². The highest BCUT2D eigenvalue weighted by molar-refractivity contribution is 7.89. The molecule has 0 spiro atoms. The third kappa shape index (κ3) is 4.47. The van der Waals surface area contributed by atoms with Gasteiger partial charge in [-0.3, -0.25) is 4.79 Å². The van der Waals surface area contributed by atoms with Crippen molar-refractivity contribution in [1.82, 2.24) is 14.9 Å². The van der Waals surface area contributed by atoms with Crippen LogP contribution in [0.2, 0.25) is 0 Å². The zero-order chi connectivity index (χ0) is 19.5. The summed E-state index contributed by atoms with van der Waals surface area (Å²) in [6, 6.07) is 1.58. The highest BCUT2D eigenvalue weighted by Crippen LogP contribution is 2.29. The van der Waals surface area contributed by atoms with Crippen molar-refractivity contribution < 1.29 is 31.9 Å². The largest absolute Gasteiger partial charge is 0.481 e. The van der Waals surface area contributed by atoms with Gasteiger partial charge in [0.1, 0.15) is 16.5 Å². The van der Waals surface area contributed by atoms with Crippen LogP contribution in [0.25, 0.3) is 0 Å². The molecular formula is C15H19F2N3O5S. The van der Waals surface area contributed by atoms with Gasteiger partial charge in [-0.25, -0.2) is 26.7 Å². The summed E-state index contributed by atoms with van der Waals surface area (Å²) in [7, 11) is -4.19. The Morgan fingerprint density at radius 3 is 2.58 bits per heavy atom. The highest BCUT2D eigenvalue weighted by Gasteiger charge is 2.42. The average molecular weight is 391 g/mol. The second kappa shape index (κ2) is 7.54. The number of aliphatic carboxylic acids is 1. The van der Waals surface area contributed by atoms with E-state index in [1.54, 1.807) is 6.92 Å². The van der Waals surface area contributed by atoms with Gasteiger partial charge in [0.25, 0.3) is 0 Å². The van der Waals surface area contributed by atoms with Crippen LogP contribution in [0.5, 0.6) is 0 Å². The number of halogens is 2. The number of urea groups is 1. The van der Waals surface area contributed by atoms with E-state index >= 15 is 0 Å². The molecule has 1 unspecified atom stereocenters. The van der Waals surface area contributed by atoms with Crippen LogP contribution in [-0.2, 0) is 14.8 Å². The van der Waals surface area contributed by atoms with Gasteiger partial charge >= 0.3 is 12.0 Å². The third-order valence-electron chi connectivity index (χ3n) is 4.15. The Kier molecular flexibility index (Phi) is 5.81. The summed E-state index contributed by atoms with van der Waals surface area (Å²) in [5.74, 6) is -3.10. The molecule has 26 heavy (non-hydrogen) atoms. The van der Waals surface area contributed by atoms with Gasteiger partial charge in [-0.15, -0.1) is 0 Å². The Morgan fingerprint density at radius 1 is 1.31 bits per heavy atom. The summed E-state index contributed by atoms with van der Waals surface area (Å²) in [6.07, 6.45) is 0.326. The van der Waals surface area contributed by atoms with Crippen molar-refractivity contribution in [2.75, 3.05) is 26.2 Å². The first kappa shape index (κ1) is 20.0. The summed E-state index contributed by atoms with van der Waals surface area (Å²) < 4.78 is 52.4. The van der Waals surface area contributed by atoms with Crippen molar-refractivity contribution in [2.45, 2.75) is 18.2 Å². The first-order valence-electron chi connectivity index (χ1n) is 7.76. The standard InChI is InChI=1S/C15H19F2N3O5S/c1-15(13(21)22)4-7-20(9-15)14(23)18-5-6-19-26(24,25)12-3-2-10(16)8-11(12)17/h2-3,8,19H,4-7,9H2,1H3,(H,18,23)(H,21,22). The molecule has 0 saturated carbocycles. The lowest BCUT2D eigenvalue weighted by molar-refractivity contribution is -0.147. The van der Waals surface area contributed by atoms with Crippen molar-refractivity contribution in [1.29, 1.82) is 0 Å². The van der Waals surface area contributed by atoms with Crippen molar-refractivity contribution in [3.63, 3.8) is 0 Å². The average Bonchev–Trinajstić information content (AvgIpc) is 2.95. The Labute approximate surface area is 149 Å². The molecule has 2 amide bonds. The van der Waals surface area contributed by atoms with Crippen LogP contribution in [0.3, 0.4) is 0 Å². The summed E-state index contributed by atoms with van der Waals surface area (Å²) >= 11 is 0. The highest BCUT2D eigenvalue weighted by atomic mass is 32.2. The molecule has 8 nitrogen and oxygen atoms in total. The maximum absolute atomic E-state index is 13.5. The van der Waals surface area contributed by atoms with Crippen LogP contribution in [0.4, 0.5) is 13.6 Å². The minimum Gasteiger partial charge on any atom is -0.481 e. The number of hydrogen-bond acceptors (Lipinski definition) is 4. The number of carbonyl (C=O) groups is 2. The molecule has 11 heteroatoms. The number of likely N-dealkylation sites (tertiary alicyclic amines) is 1. The van der Waals surface area contributed by atoms with Crippen molar-refractivity contribution in [2.24, 2.45) is 5.41 Å². The minimum absolute atomic E-state index is 0.0562. The molecule has 1 saturated heterocycles. The number of carboxylic acids is 1. The van der Waals surface area contributed by atoms with Crippen LogP contribution in [0.1, 0.15) is 13.3 Å². The number of hydrogen-bond donors (Lipinski definition) is 3. The predicted octanol–water partition coefficient (Wildman–Crippen LogP) is 0.749. The normalized spacial score (nSPS) is 20.2. The van der Waals surface area contributed by atoms with Gasteiger partial charge in [0.05, 0.1) is 5.41 Å². The number of carbonyl (C=O) groups excluding carboxylic acids is 1. The topological polar surface area (TPSA) is 116 Å². The van der Waals surface area contributed by atoms with Crippen LogP contribution >= 0.6 is 0 Å². The number of nitrogens with one attached hydrogen (secondary N) is 2. The lowest BCUT2D eigenvalue weighted by Gasteiger charge is -2.20. The van der Waals surface area contributed by atoms with Crippen LogP contribution < -0.4 is 10.0 Å². The zero-order valence-electron chi connectivity index (χ0n) is 14.0. The first-order valence-corrected chi connectivity index (χ1v) is 9.24. The van der Waals surface area contributed by atoms with Crippen molar-refractivity contribution in [3.8, 4) is 0 Å². The van der Waals surface area contributed by atoms with Crippen LogP contribution in [-0.4, -0.2) is 56.6 Å². The SMILES string of the molecule is CC1(C(=O)O)CCN(C(=O)NCCNS(=O)(=O)c2ccc(F)cc2F)C1. The molecule has 1 aliphatic heterocycles. The molecule has 1 fully saturated rings. The Balaban J connectivity index is 1.83. The van der Waals surface area contributed by atoms with Crippen LogP contribution in [0.15, 0.2) is 23.1 Å². The molecule has 0 radical (unpaired) electrons. The maximum atomic E-state index is 13.5. The molecule has 1 heterocycles. The number of benzene rings is 1. The molecule has 1 aromatic carbocycles. The third-order valence-corrected chi connectivity index (χ3v) is 5.65. The van der Waals surface area contributed by atoms with Crippen molar-refractivity contribution >= 4 is 22.0 Å². The first-order chi connectivity index (χ1) is 12.0. The molecule has 1 atom stereocenters. The lowest BCUT2D eigenvalue weighted by atomic mass is 9.90. The Morgan fingerprint density at radius 2 is 2.00 bits per heavy atom. The summed E-state index contributed by atoms with van der Waals surface area (Å²) in [4.78, 5) is 23.8. The molecule has 1 aliphatic rings. The van der Waals surface area contributed by atoms with Crippen LogP contribution in [0, 0.1) is 17.0 Å². The van der Waals surface area contributed by atoms with Gasteiger partial charge in [0, 0.05) is 32.2 Å². The minimum atomic E-state index is -4.19. The fourth-order valence-corrected chi connectivity index (χ4v) is 3.64.